The van der Waals surface area contributed by atoms with Crippen molar-refractivity contribution >= 4 is 27.4 Å². The van der Waals surface area contributed by atoms with Gasteiger partial charge in [0, 0.05) is 5.41 Å². The van der Waals surface area contributed by atoms with Crippen LogP contribution in [0.5, 0.6) is 0 Å². The van der Waals surface area contributed by atoms with Gasteiger partial charge in [-0.25, -0.2) is 15.8 Å². The second kappa shape index (κ2) is 5.99. The predicted molar refractivity (Wildman–Crippen MR) is 89.7 cm³/mol. The van der Waals surface area contributed by atoms with Crippen LogP contribution >= 0.6 is 15.9 Å². The van der Waals surface area contributed by atoms with E-state index >= 15 is 0 Å². The second-order valence-electron chi connectivity index (χ2n) is 5.94. The molecule has 0 spiro atoms. The highest BCUT2D eigenvalue weighted by Gasteiger charge is 2.22. The Hall–Kier alpha value is -1.66. The Kier molecular flexibility index (Phi) is 4.49. The van der Waals surface area contributed by atoms with Gasteiger partial charge in [-0.15, -0.1) is 0 Å². The third kappa shape index (κ3) is 3.71. The van der Waals surface area contributed by atoms with E-state index in [1.165, 1.54) is 0 Å². The number of nitrogens with two attached hydrogens (primary N) is 2. The average molecular weight is 350 g/mol. The molecule has 0 aliphatic carbocycles. The number of hydrazine groups is 1. The normalized spacial score (nSPS) is 11.5. The largest absolute Gasteiger partial charge is 0.393 e. The molecule has 0 amide bonds. The van der Waals surface area contributed by atoms with Gasteiger partial charge in [0.1, 0.15) is 16.1 Å². The van der Waals surface area contributed by atoms with E-state index in [1.54, 1.807) is 5.01 Å². The van der Waals surface area contributed by atoms with Gasteiger partial charge >= 0.3 is 0 Å². The van der Waals surface area contributed by atoms with Gasteiger partial charge in [0.15, 0.2) is 5.82 Å². The molecule has 2 rings (SSSR count). The molecule has 0 bridgehead atoms. The number of aromatic nitrogens is 2. The van der Waals surface area contributed by atoms with Crippen LogP contribution in [-0.2, 0) is 12.0 Å². The Morgan fingerprint density at radius 2 is 1.76 bits per heavy atom. The minimum atomic E-state index is -0.182. The van der Waals surface area contributed by atoms with Crippen molar-refractivity contribution in [2.75, 3.05) is 10.7 Å². The average Bonchev–Trinajstić information content (AvgIpc) is 2.41. The lowest BCUT2D eigenvalue weighted by molar-refractivity contribution is 0.542. The predicted octanol–water partition coefficient (Wildman–Crippen LogP) is 3.00. The smallest absolute Gasteiger partial charge is 0.171 e. The van der Waals surface area contributed by atoms with E-state index < -0.39 is 0 Å². The molecule has 0 saturated heterocycles. The summed E-state index contributed by atoms with van der Waals surface area (Å²) in [5.41, 5.74) is 7.41. The van der Waals surface area contributed by atoms with Gasteiger partial charge < -0.3 is 5.73 Å². The van der Waals surface area contributed by atoms with Gasteiger partial charge in [-0.3, -0.25) is 5.01 Å². The minimum Gasteiger partial charge on any atom is -0.393 e. The van der Waals surface area contributed by atoms with E-state index in [-0.39, 0.29) is 5.41 Å². The minimum absolute atomic E-state index is 0.182. The molecule has 0 saturated carbocycles. The molecule has 0 fully saturated rings. The van der Waals surface area contributed by atoms with E-state index in [1.807, 2.05) is 51.1 Å². The molecule has 0 unspecified atom stereocenters. The highest BCUT2D eigenvalue weighted by molar-refractivity contribution is 9.10. The maximum absolute atomic E-state index is 6.15. The number of benzene rings is 1. The number of anilines is 2. The van der Waals surface area contributed by atoms with Gasteiger partial charge in [0.2, 0.25) is 0 Å². The van der Waals surface area contributed by atoms with E-state index in [0.717, 1.165) is 5.56 Å². The molecule has 6 heteroatoms. The lowest BCUT2D eigenvalue weighted by Crippen LogP contribution is -2.33. The first-order valence-corrected chi connectivity index (χ1v) is 7.48. The number of hydrogen-bond acceptors (Lipinski definition) is 5. The van der Waals surface area contributed by atoms with Crippen LogP contribution in [0.15, 0.2) is 34.9 Å². The zero-order valence-electron chi connectivity index (χ0n) is 12.5. The maximum Gasteiger partial charge on any atom is 0.171 e. The van der Waals surface area contributed by atoms with Crippen LogP contribution in [-0.4, -0.2) is 9.97 Å². The zero-order valence-corrected chi connectivity index (χ0v) is 14.1. The molecule has 0 aliphatic rings. The van der Waals surface area contributed by atoms with E-state index in [2.05, 4.69) is 25.9 Å². The van der Waals surface area contributed by atoms with E-state index in [0.29, 0.717) is 28.5 Å². The highest BCUT2D eigenvalue weighted by atomic mass is 79.9. The molecule has 1 aromatic carbocycles. The summed E-state index contributed by atoms with van der Waals surface area (Å²) in [6.45, 7) is 6.67. The summed E-state index contributed by atoms with van der Waals surface area (Å²) in [7, 11) is 0. The van der Waals surface area contributed by atoms with Crippen LogP contribution < -0.4 is 16.6 Å². The topological polar surface area (TPSA) is 81.1 Å². The Bertz CT molecular complexity index is 622. The van der Waals surface area contributed by atoms with Crippen molar-refractivity contribution < 1.29 is 0 Å². The Labute approximate surface area is 133 Å². The molecule has 1 aromatic heterocycles. The standard InChI is InChI=1S/C15H20BrN5/c1-15(2,3)14-19-12(16)11(17)13(20-14)21(18)9-10-7-5-4-6-8-10/h4-8H,9,17-18H2,1-3H3. The summed E-state index contributed by atoms with van der Waals surface area (Å²) in [4.78, 5) is 8.93. The maximum atomic E-state index is 6.15. The summed E-state index contributed by atoms with van der Waals surface area (Å²) in [6.07, 6.45) is 0. The zero-order chi connectivity index (χ0) is 15.6. The van der Waals surface area contributed by atoms with Crippen molar-refractivity contribution in [2.45, 2.75) is 32.7 Å². The molecule has 2 aromatic rings. The lowest BCUT2D eigenvalue weighted by atomic mass is 9.96. The second-order valence-corrected chi connectivity index (χ2v) is 6.69. The first-order valence-electron chi connectivity index (χ1n) is 6.68. The fourth-order valence-corrected chi connectivity index (χ4v) is 2.19. The molecular weight excluding hydrogens is 330 g/mol. The van der Waals surface area contributed by atoms with Gasteiger partial charge in [0.05, 0.1) is 6.54 Å². The third-order valence-electron chi connectivity index (χ3n) is 3.02. The van der Waals surface area contributed by atoms with Crippen LogP contribution in [0.4, 0.5) is 11.5 Å². The molecule has 0 radical (unpaired) electrons. The van der Waals surface area contributed by atoms with Crippen molar-refractivity contribution in [3.63, 3.8) is 0 Å². The fourth-order valence-electron chi connectivity index (χ4n) is 1.84. The van der Waals surface area contributed by atoms with Crippen LogP contribution in [0.2, 0.25) is 0 Å². The molecule has 0 atom stereocenters. The first kappa shape index (κ1) is 15.7. The van der Waals surface area contributed by atoms with Crippen molar-refractivity contribution in [3.05, 3.63) is 46.3 Å². The van der Waals surface area contributed by atoms with Gasteiger partial charge in [-0.05, 0) is 21.5 Å². The third-order valence-corrected chi connectivity index (χ3v) is 3.62. The summed E-state index contributed by atoms with van der Waals surface area (Å²) >= 11 is 3.38. The van der Waals surface area contributed by atoms with Crippen LogP contribution in [0.1, 0.15) is 32.2 Å². The molecular formula is C15H20BrN5. The Balaban J connectivity index is 2.36. The SMILES string of the molecule is CC(C)(C)c1nc(Br)c(N)c(N(N)Cc2ccccc2)n1. The Morgan fingerprint density at radius 3 is 2.33 bits per heavy atom. The van der Waals surface area contributed by atoms with Gasteiger partial charge in [-0.1, -0.05) is 51.1 Å². The molecule has 0 aliphatic heterocycles. The van der Waals surface area contributed by atoms with E-state index in [4.69, 9.17) is 11.6 Å². The molecule has 112 valence electrons. The van der Waals surface area contributed by atoms with E-state index in [9.17, 15) is 0 Å². The van der Waals surface area contributed by atoms with Crippen LogP contribution in [0.25, 0.3) is 0 Å². The summed E-state index contributed by atoms with van der Waals surface area (Å²) < 4.78 is 0.570. The number of nitrogen functional groups attached to an aromatic ring is 1. The van der Waals surface area contributed by atoms with Crippen LogP contribution in [0, 0.1) is 0 Å². The number of halogens is 1. The molecule has 4 N–H and O–H groups in total. The van der Waals surface area contributed by atoms with Crippen molar-refractivity contribution in [1.82, 2.24) is 9.97 Å². The summed E-state index contributed by atoms with van der Waals surface area (Å²) in [5, 5.41) is 1.55. The van der Waals surface area contributed by atoms with Crippen molar-refractivity contribution in [2.24, 2.45) is 5.84 Å². The number of rotatable bonds is 3. The number of hydrogen-bond donors (Lipinski definition) is 2. The fraction of sp³-hybridized carbons (Fsp3) is 0.333. The lowest BCUT2D eigenvalue weighted by Gasteiger charge is -2.23. The van der Waals surface area contributed by atoms with Gasteiger partial charge in [-0.2, -0.15) is 0 Å². The summed E-state index contributed by atoms with van der Waals surface area (Å²) in [5.74, 6) is 7.38. The Morgan fingerprint density at radius 1 is 1.14 bits per heavy atom. The van der Waals surface area contributed by atoms with Crippen molar-refractivity contribution in [3.8, 4) is 0 Å². The van der Waals surface area contributed by atoms with Gasteiger partial charge in [0.25, 0.3) is 0 Å². The first-order chi connectivity index (χ1) is 9.79. The van der Waals surface area contributed by atoms with Crippen LogP contribution in [0.3, 0.4) is 0 Å². The monoisotopic (exact) mass is 349 g/mol. The summed E-state index contributed by atoms with van der Waals surface area (Å²) in [6, 6.07) is 9.94. The number of nitrogens with zero attached hydrogens (tertiary/aromatic N) is 3. The molecule has 5 nitrogen and oxygen atoms in total. The highest BCUT2D eigenvalue weighted by Crippen LogP contribution is 2.30. The van der Waals surface area contributed by atoms with Crippen molar-refractivity contribution in [1.29, 1.82) is 0 Å². The quantitative estimate of drug-likeness (QED) is 0.505. The molecule has 21 heavy (non-hydrogen) atoms. The molecule has 1 heterocycles.